The van der Waals surface area contributed by atoms with Crippen molar-refractivity contribution >= 4 is 45.5 Å². The second-order valence-corrected chi connectivity index (χ2v) is 6.60. The lowest BCUT2D eigenvalue weighted by Crippen LogP contribution is -2.22. The van der Waals surface area contributed by atoms with Gasteiger partial charge < -0.3 is 10.1 Å². The number of hydrogen-bond donors (Lipinski definition) is 2. The van der Waals surface area contributed by atoms with Crippen LogP contribution in [0, 0.1) is 11.3 Å². The number of halogens is 2. The van der Waals surface area contributed by atoms with Crippen LogP contribution in [0.2, 0.25) is 5.02 Å². The SMILES string of the molecule is N#Cc1ccccc1COc1c(Cl)cc(/C=C2/NC(=O)NC2=O)cc1Br. The third kappa shape index (κ3) is 3.87. The Bertz CT molecular complexity index is 959. The Morgan fingerprint density at radius 3 is 2.65 bits per heavy atom. The first-order chi connectivity index (χ1) is 12.5. The maximum absolute atomic E-state index is 11.6. The van der Waals surface area contributed by atoms with E-state index in [4.69, 9.17) is 21.6 Å². The number of ether oxygens (including phenoxy) is 1. The maximum atomic E-state index is 11.6. The molecule has 1 aliphatic heterocycles. The molecule has 130 valence electrons. The first-order valence-corrected chi connectivity index (χ1v) is 8.59. The summed E-state index contributed by atoms with van der Waals surface area (Å²) in [6, 6.07) is 12.0. The zero-order chi connectivity index (χ0) is 18.7. The van der Waals surface area contributed by atoms with Gasteiger partial charge >= 0.3 is 6.03 Å². The molecule has 1 aliphatic rings. The van der Waals surface area contributed by atoms with Crippen molar-refractivity contribution in [3.8, 4) is 11.8 Å². The van der Waals surface area contributed by atoms with Crippen molar-refractivity contribution in [3.05, 3.63) is 68.3 Å². The highest BCUT2D eigenvalue weighted by atomic mass is 79.9. The summed E-state index contributed by atoms with van der Waals surface area (Å²) < 4.78 is 6.34. The number of carbonyl (C=O) groups is 2. The predicted molar refractivity (Wildman–Crippen MR) is 99.3 cm³/mol. The lowest BCUT2D eigenvalue weighted by atomic mass is 10.1. The van der Waals surface area contributed by atoms with Gasteiger partial charge in [0, 0.05) is 5.56 Å². The second-order valence-electron chi connectivity index (χ2n) is 5.34. The van der Waals surface area contributed by atoms with E-state index in [9.17, 15) is 9.59 Å². The zero-order valence-electron chi connectivity index (χ0n) is 13.2. The van der Waals surface area contributed by atoms with Gasteiger partial charge in [-0.3, -0.25) is 10.1 Å². The highest BCUT2D eigenvalue weighted by Gasteiger charge is 2.23. The number of urea groups is 1. The third-order valence-electron chi connectivity index (χ3n) is 3.56. The minimum Gasteiger partial charge on any atom is -0.486 e. The molecule has 2 aromatic rings. The number of carbonyl (C=O) groups excluding carboxylic acids is 2. The Labute approximate surface area is 162 Å². The summed E-state index contributed by atoms with van der Waals surface area (Å²) in [5, 5.41) is 14.0. The van der Waals surface area contributed by atoms with E-state index in [0.29, 0.717) is 26.4 Å². The van der Waals surface area contributed by atoms with E-state index < -0.39 is 11.9 Å². The molecule has 2 aromatic carbocycles. The van der Waals surface area contributed by atoms with Crippen molar-refractivity contribution in [1.82, 2.24) is 10.6 Å². The van der Waals surface area contributed by atoms with Crippen LogP contribution in [-0.2, 0) is 11.4 Å². The molecular formula is C18H11BrClN3O3. The van der Waals surface area contributed by atoms with Crippen LogP contribution in [0.3, 0.4) is 0 Å². The van der Waals surface area contributed by atoms with E-state index in [-0.39, 0.29) is 12.3 Å². The standard InChI is InChI=1S/C18H11BrClN3O3/c19-13-5-10(7-15-17(24)23-18(25)22-15)6-14(20)16(13)26-9-12-4-2-1-3-11(12)8-21/h1-7H,9H2,(H2,22,23,24,25)/b15-7+. The fourth-order valence-electron chi connectivity index (χ4n) is 2.35. The molecule has 0 spiro atoms. The molecule has 1 fully saturated rings. The molecule has 2 N–H and O–H groups in total. The molecule has 6 nitrogen and oxygen atoms in total. The van der Waals surface area contributed by atoms with Crippen molar-refractivity contribution < 1.29 is 14.3 Å². The van der Waals surface area contributed by atoms with Crippen LogP contribution in [0.5, 0.6) is 5.75 Å². The second kappa shape index (κ2) is 7.60. The van der Waals surface area contributed by atoms with Crippen molar-refractivity contribution in [2.45, 2.75) is 6.61 Å². The van der Waals surface area contributed by atoms with Crippen LogP contribution < -0.4 is 15.4 Å². The molecule has 0 atom stereocenters. The number of benzene rings is 2. The van der Waals surface area contributed by atoms with Gasteiger partial charge in [-0.15, -0.1) is 0 Å². The van der Waals surface area contributed by atoms with E-state index in [1.54, 1.807) is 30.3 Å². The summed E-state index contributed by atoms with van der Waals surface area (Å²) in [6.07, 6.45) is 1.51. The average Bonchev–Trinajstić information content (AvgIpc) is 2.91. The number of nitrogens with zero attached hydrogens (tertiary/aromatic N) is 1. The van der Waals surface area contributed by atoms with E-state index in [1.165, 1.54) is 6.08 Å². The molecule has 3 rings (SSSR count). The van der Waals surface area contributed by atoms with Crippen LogP contribution in [0.25, 0.3) is 6.08 Å². The summed E-state index contributed by atoms with van der Waals surface area (Å²) in [5.74, 6) is -0.0860. The summed E-state index contributed by atoms with van der Waals surface area (Å²) in [5.41, 5.74) is 2.02. The number of imide groups is 1. The minimum atomic E-state index is -0.567. The van der Waals surface area contributed by atoms with Crippen LogP contribution in [0.1, 0.15) is 16.7 Å². The highest BCUT2D eigenvalue weighted by molar-refractivity contribution is 9.10. The first kappa shape index (κ1) is 18.0. The summed E-state index contributed by atoms with van der Waals surface area (Å²) in [7, 11) is 0. The topological polar surface area (TPSA) is 91.2 Å². The minimum absolute atomic E-state index is 0.134. The summed E-state index contributed by atoms with van der Waals surface area (Å²) >= 11 is 9.68. The Kier molecular flexibility index (Phi) is 5.26. The van der Waals surface area contributed by atoms with Crippen molar-refractivity contribution in [2.24, 2.45) is 0 Å². The normalized spacial score (nSPS) is 14.7. The fraction of sp³-hybridized carbons (Fsp3) is 0.0556. The van der Waals surface area contributed by atoms with Crippen LogP contribution in [-0.4, -0.2) is 11.9 Å². The average molecular weight is 433 g/mol. The molecule has 0 aliphatic carbocycles. The maximum Gasteiger partial charge on any atom is 0.326 e. The van der Waals surface area contributed by atoms with Gasteiger partial charge in [0.1, 0.15) is 12.3 Å². The molecule has 0 radical (unpaired) electrons. The molecule has 0 bridgehead atoms. The molecular weight excluding hydrogens is 422 g/mol. The van der Waals surface area contributed by atoms with Crippen LogP contribution in [0.15, 0.2) is 46.6 Å². The number of hydrogen-bond acceptors (Lipinski definition) is 4. The van der Waals surface area contributed by atoms with Crippen LogP contribution >= 0.6 is 27.5 Å². The molecule has 0 unspecified atom stereocenters. The van der Waals surface area contributed by atoms with Gasteiger partial charge in [0.15, 0.2) is 5.75 Å². The van der Waals surface area contributed by atoms with E-state index >= 15 is 0 Å². The fourth-order valence-corrected chi connectivity index (χ4v) is 3.34. The Morgan fingerprint density at radius 1 is 1.23 bits per heavy atom. The van der Waals surface area contributed by atoms with E-state index in [0.717, 1.165) is 5.56 Å². The zero-order valence-corrected chi connectivity index (χ0v) is 15.5. The molecule has 3 amide bonds. The smallest absolute Gasteiger partial charge is 0.326 e. The lowest BCUT2D eigenvalue weighted by molar-refractivity contribution is -0.115. The van der Waals surface area contributed by atoms with Crippen LogP contribution in [0.4, 0.5) is 4.79 Å². The van der Waals surface area contributed by atoms with Gasteiger partial charge in [-0.1, -0.05) is 29.8 Å². The number of nitrogens with one attached hydrogen (secondary N) is 2. The quantitative estimate of drug-likeness (QED) is 0.569. The Balaban J connectivity index is 1.82. The van der Waals surface area contributed by atoms with Gasteiger partial charge in [0.05, 0.1) is 21.1 Å². The molecule has 1 saturated heterocycles. The Morgan fingerprint density at radius 2 is 2.00 bits per heavy atom. The predicted octanol–water partition coefficient (Wildman–Crippen LogP) is 3.73. The number of amides is 3. The van der Waals surface area contributed by atoms with Gasteiger partial charge in [-0.25, -0.2) is 4.79 Å². The van der Waals surface area contributed by atoms with Gasteiger partial charge in [-0.2, -0.15) is 5.26 Å². The number of nitriles is 1. The first-order valence-electron chi connectivity index (χ1n) is 7.42. The van der Waals surface area contributed by atoms with Crippen molar-refractivity contribution in [2.75, 3.05) is 0 Å². The number of rotatable bonds is 4. The third-order valence-corrected chi connectivity index (χ3v) is 4.43. The molecule has 0 aromatic heterocycles. The molecule has 8 heteroatoms. The molecule has 1 heterocycles. The molecule has 26 heavy (non-hydrogen) atoms. The van der Waals surface area contributed by atoms with E-state index in [1.807, 2.05) is 6.07 Å². The largest absolute Gasteiger partial charge is 0.486 e. The van der Waals surface area contributed by atoms with Gasteiger partial charge in [0.25, 0.3) is 5.91 Å². The monoisotopic (exact) mass is 431 g/mol. The highest BCUT2D eigenvalue weighted by Crippen LogP contribution is 2.35. The van der Waals surface area contributed by atoms with Gasteiger partial charge in [0.2, 0.25) is 0 Å². The van der Waals surface area contributed by atoms with Gasteiger partial charge in [-0.05, 0) is 45.8 Å². The summed E-state index contributed by atoms with van der Waals surface area (Å²) in [6.45, 7) is 0.182. The Hall–Kier alpha value is -2.82. The summed E-state index contributed by atoms with van der Waals surface area (Å²) in [4.78, 5) is 22.7. The molecule has 0 saturated carbocycles. The lowest BCUT2D eigenvalue weighted by Gasteiger charge is -2.12. The van der Waals surface area contributed by atoms with Crippen molar-refractivity contribution in [1.29, 1.82) is 5.26 Å². The van der Waals surface area contributed by atoms with E-state index in [2.05, 4.69) is 32.6 Å². The van der Waals surface area contributed by atoms with Crippen molar-refractivity contribution in [3.63, 3.8) is 0 Å².